The fourth-order valence-corrected chi connectivity index (χ4v) is 3.23. The summed E-state index contributed by atoms with van der Waals surface area (Å²) < 4.78 is 11.2. The van der Waals surface area contributed by atoms with E-state index in [1.807, 2.05) is 6.07 Å². The first kappa shape index (κ1) is 13.5. The molecule has 0 spiro atoms. The van der Waals surface area contributed by atoms with Crippen LogP contribution in [0.4, 0.5) is 0 Å². The van der Waals surface area contributed by atoms with Gasteiger partial charge < -0.3 is 9.47 Å². The molecule has 3 heteroatoms. The molecule has 0 aliphatic carbocycles. The molecule has 2 aromatic carbocycles. The van der Waals surface area contributed by atoms with E-state index in [4.69, 9.17) is 9.47 Å². The first-order chi connectivity index (χ1) is 9.79. The van der Waals surface area contributed by atoms with Crippen LogP contribution in [-0.4, -0.2) is 13.2 Å². The zero-order valence-corrected chi connectivity index (χ0v) is 13.0. The van der Waals surface area contributed by atoms with Crippen LogP contribution in [0.1, 0.15) is 28.4 Å². The van der Waals surface area contributed by atoms with Gasteiger partial charge in [0.05, 0.1) is 4.83 Å². The number of ether oxygens (including phenoxy) is 2. The molecule has 1 aliphatic heterocycles. The molecule has 1 heterocycles. The Bertz CT molecular complexity index is 610. The largest absolute Gasteiger partial charge is 0.486 e. The molecule has 1 atom stereocenters. The van der Waals surface area contributed by atoms with E-state index in [2.05, 4.69) is 59.3 Å². The molecule has 0 saturated carbocycles. The van der Waals surface area contributed by atoms with Gasteiger partial charge in [-0.05, 0) is 35.2 Å². The number of fused-ring (bicyclic) bond motifs is 1. The second-order valence-electron chi connectivity index (χ2n) is 4.82. The summed E-state index contributed by atoms with van der Waals surface area (Å²) in [5.74, 6) is 1.68. The fourth-order valence-electron chi connectivity index (χ4n) is 2.50. The quantitative estimate of drug-likeness (QED) is 0.770. The number of rotatable bonds is 3. The Hall–Kier alpha value is -1.48. The van der Waals surface area contributed by atoms with Crippen molar-refractivity contribution in [3.05, 3.63) is 59.2 Å². The van der Waals surface area contributed by atoms with Gasteiger partial charge in [-0.25, -0.2) is 0 Å². The summed E-state index contributed by atoms with van der Waals surface area (Å²) in [4.78, 5) is 0.175. The van der Waals surface area contributed by atoms with Crippen molar-refractivity contribution in [2.45, 2.75) is 18.2 Å². The number of alkyl halides is 1. The minimum atomic E-state index is 0.175. The second-order valence-corrected chi connectivity index (χ2v) is 5.73. The maximum Gasteiger partial charge on any atom is 0.161 e. The molecular weight excluding hydrogens is 316 g/mol. The number of halogens is 1. The van der Waals surface area contributed by atoms with Crippen LogP contribution in [0.2, 0.25) is 0 Å². The van der Waals surface area contributed by atoms with Crippen molar-refractivity contribution in [2.24, 2.45) is 0 Å². The van der Waals surface area contributed by atoms with Gasteiger partial charge in [-0.1, -0.05) is 53.2 Å². The zero-order valence-electron chi connectivity index (χ0n) is 11.4. The maximum atomic E-state index is 5.66. The molecule has 20 heavy (non-hydrogen) atoms. The molecule has 0 saturated heterocycles. The van der Waals surface area contributed by atoms with Crippen LogP contribution in [0.25, 0.3) is 0 Å². The summed E-state index contributed by atoms with van der Waals surface area (Å²) in [7, 11) is 0. The third kappa shape index (κ3) is 2.55. The second kappa shape index (κ2) is 5.88. The molecule has 0 aromatic heterocycles. The molecule has 0 bridgehead atoms. The lowest BCUT2D eigenvalue weighted by atomic mass is 9.98. The van der Waals surface area contributed by atoms with Crippen LogP contribution < -0.4 is 9.47 Å². The Balaban J connectivity index is 1.96. The average molecular weight is 333 g/mol. The number of hydrogen-bond acceptors (Lipinski definition) is 2. The van der Waals surface area contributed by atoms with Gasteiger partial charge in [0, 0.05) is 0 Å². The summed E-state index contributed by atoms with van der Waals surface area (Å²) in [6.45, 7) is 3.43. The number of benzene rings is 2. The van der Waals surface area contributed by atoms with Crippen molar-refractivity contribution in [1.29, 1.82) is 0 Å². The van der Waals surface area contributed by atoms with E-state index in [1.54, 1.807) is 0 Å². The van der Waals surface area contributed by atoms with Gasteiger partial charge in [-0.2, -0.15) is 0 Å². The molecule has 2 nitrogen and oxygen atoms in total. The van der Waals surface area contributed by atoms with Crippen LogP contribution in [0.5, 0.6) is 11.5 Å². The highest BCUT2D eigenvalue weighted by molar-refractivity contribution is 9.09. The Kier molecular flexibility index (Phi) is 3.97. The van der Waals surface area contributed by atoms with E-state index in [1.165, 1.54) is 16.7 Å². The molecule has 0 amide bonds. The van der Waals surface area contributed by atoms with E-state index in [9.17, 15) is 0 Å². The van der Waals surface area contributed by atoms with Crippen molar-refractivity contribution < 1.29 is 9.47 Å². The Morgan fingerprint density at radius 3 is 2.60 bits per heavy atom. The van der Waals surface area contributed by atoms with Gasteiger partial charge in [-0.15, -0.1) is 0 Å². The number of aryl methyl sites for hydroxylation is 1. The van der Waals surface area contributed by atoms with Gasteiger partial charge in [0.2, 0.25) is 0 Å². The SMILES string of the molecule is CCc1ccccc1C(Br)c1ccc2c(c1)OCCO2. The highest BCUT2D eigenvalue weighted by Gasteiger charge is 2.17. The molecule has 1 aliphatic rings. The van der Waals surface area contributed by atoms with Crippen LogP contribution >= 0.6 is 15.9 Å². The minimum absolute atomic E-state index is 0.175. The Morgan fingerprint density at radius 1 is 1.05 bits per heavy atom. The fraction of sp³-hybridized carbons (Fsp3) is 0.294. The lowest BCUT2D eigenvalue weighted by Crippen LogP contribution is -2.15. The summed E-state index contributed by atoms with van der Waals surface area (Å²) in [6, 6.07) is 14.7. The van der Waals surface area contributed by atoms with E-state index >= 15 is 0 Å². The van der Waals surface area contributed by atoms with Gasteiger partial charge in [-0.3, -0.25) is 0 Å². The van der Waals surface area contributed by atoms with E-state index in [-0.39, 0.29) is 4.83 Å². The topological polar surface area (TPSA) is 18.5 Å². The van der Waals surface area contributed by atoms with E-state index in [0.29, 0.717) is 13.2 Å². The predicted molar refractivity (Wildman–Crippen MR) is 84.0 cm³/mol. The smallest absolute Gasteiger partial charge is 0.161 e. The molecule has 0 N–H and O–H groups in total. The molecule has 104 valence electrons. The van der Waals surface area contributed by atoms with E-state index < -0.39 is 0 Å². The van der Waals surface area contributed by atoms with Crippen molar-refractivity contribution in [3.63, 3.8) is 0 Å². The Morgan fingerprint density at radius 2 is 1.80 bits per heavy atom. The maximum absolute atomic E-state index is 5.66. The predicted octanol–water partition coefficient (Wildman–Crippen LogP) is 4.50. The monoisotopic (exact) mass is 332 g/mol. The molecule has 0 fully saturated rings. The third-order valence-corrected chi connectivity index (χ3v) is 4.59. The average Bonchev–Trinajstić information content (AvgIpc) is 2.53. The van der Waals surface area contributed by atoms with Crippen LogP contribution in [-0.2, 0) is 6.42 Å². The van der Waals surface area contributed by atoms with Gasteiger partial charge in [0.1, 0.15) is 13.2 Å². The lowest BCUT2D eigenvalue weighted by molar-refractivity contribution is 0.171. The minimum Gasteiger partial charge on any atom is -0.486 e. The van der Waals surface area contributed by atoms with Crippen LogP contribution in [0.3, 0.4) is 0 Å². The molecule has 2 aromatic rings. The highest BCUT2D eigenvalue weighted by atomic mass is 79.9. The normalized spacial score (nSPS) is 14.9. The summed E-state index contributed by atoms with van der Waals surface area (Å²) in [6.07, 6.45) is 1.03. The Labute approximate surface area is 127 Å². The van der Waals surface area contributed by atoms with Crippen molar-refractivity contribution in [1.82, 2.24) is 0 Å². The van der Waals surface area contributed by atoms with Crippen LogP contribution in [0, 0.1) is 0 Å². The van der Waals surface area contributed by atoms with Gasteiger partial charge in [0.15, 0.2) is 11.5 Å². The van der Waals surface area contributed by atoms with Crippen molar-refractivity contribution >= 4 is 15.9 Å². The summed E-state index contributed by atoms with van der Waals surface area (Å²) in [5, 5.41) is 0. The highest BCUT2D eigenvalue weighted by Crippen LogP contribution is 2.38. The standard InChI is InChI=1S/C17H17BrO2/c1-2-12-5-3-4-6-14(12)17(18)13-7-8-15-16(11-13)20-10-9-19-15/h3-8,11,17H,2,9-10H2,1H3. The van der Waals surface area contributed by atoms with Crippen LogP contribution in [0.15, 0.2) is 42.5 Å². The summed E-state index contributed by atoms with van der Waals surface area (Å²) >= 11 is 3.82. The third-order valence-electron chi connectivity index (χ3n) is 3.57. The van der Waals surface area contributed by atoms with Crippen molar-refractivity contribution in [3.8, 4) is 11.5 Å². The molecular formula is C17H17BrO2. The first-order valence-corrected chi connectivity index (χ1v) is 7.82. The summed E-state index contributed by atoms with van der Waals surface area (Å²) in [5.41, 5.74) is 3.87. The van der Waals surface area contributed by atoms with Crippen molar-refractivity contribution in [2.75, 3.05) is 13.2 Å². The molecule has 1 unspecified atom stereocenters. The van der Waals surface area contributed by atoms with Gasteiger partial charge in [0.25, 0.3) is 0 Å². The van der Waals surface area contributed by atoms with E-state index in [0.717, 1.165) is 17.9 Å². The molecule has 0 radical (unpaired) electrons. The molecule has 3 rings (SSSR count). The first-order valence-electron chi connectivity index (χ1n) is 6.91. The lowest BCUT2D eigenvalue weighted by Gasteiger charge is -2.21. The van der Waals surface area contributed by atoms with Gasteiger partial charge >= 0.3 is 0 Å². The number of hydrogen-bond donors (Lipinski definition) is 0. The zero-order chi connectivity index (χ0) is 13.9.